The normalized spacial score (nSPS) is 11.6. The highest BCUT2D eigenvalue weighted by Crippen LogP contribution is 2.03. The fourth-order valence-corrected chi connectivity index (χ4v) is 1.45. The second kappa shape index (κ2) is 7.21. The first-order valence-corrected chi connectivity index (χ1v) is 5.70. The Labute approximate surface area is 106 Å². The zero-order valence-corrected chi connectivity index (χ0v) is 10.0. The maximum atomic E-state index is 11.7. The zero-order valence-electron chi connectivity index (χ0n) is 10.0. The number of allylic oxidation sites excluding steroid dienone is 1. The molecule has 0 aliphatic carbocycles. The zero-order chi connectivity index (χ0) is 13.4. The van der Waals surface area contributed by atoms with Gasteiger partial charge in [0.15, 0.2) is 0 Å². The standard InChI is InChI=1S/C13H16N2O3/c1-2-3-4-8-11(13(17)18)15-12(16)10-7-5-6-9-14-10/h2,5-7,9,11H,1,3-4,8H2,(H,15,16)(H,17,18)/t11-/m1/s1. The Morgan fingerprint density at radius 3 is 2.83 bits per heavy atom. The highest BCUT2D eigenvalue weighted by atomic mass is 16.4. The van der Waals surface area contributed by atoms with Crippen LogP contribution in [0.2, 0.25) is 0 Å². The Morgan fingerprint density at radius 2 is 2.28 bits per heavy atom. The first-order valence-electron chi connectivity index (χ1n) is 5.70. The van der Waals surface area contributed by atoms with Crippen molar-refractivity contribution < 1.29 is 14.7 Å². The van der Waals surface area contributed by atoms with Gasteiger partial charge in [0.25, 0.3) is 5.91 Å². The monoisotopic (exact) mass is 248 g/mol. The number of hydrogen-bond acceptors (Lipinski definition) is 3. The SMILES string of the molecule is C=CCCC[C@@H](NC(=O)c1ccccn1)C(=O)O. The molecular formula is C13H16N2O3. The van der Waals surface area contributed by atoms with Crippen LogP contribution in [0.25, 0.3) is 0 Å². The minimum Gasteiger partial charge on any atom is -0.480 e. The topological polar surface area (TPSA) is 79.3 Å². The van der Waals surface area contributed by atoms with Crippen LogP contribution in [0.5, 0.6) is 0 Å². The fourth-order valence-electron chi connectivity index (χ4n) is 1.45. The van der Waals surface area contributed by atoms with Crippen LogP contribution < -0.4 is 5.32 Å². The van der Waals surface area contributed by atoms with Crippen LogP contribution in [0, 0.1) is 0 Å². The summed E-state index contributed by atoms with van der Waals surface area (Å²) >= 11 is 0. The summed E-state index contributed by atoms with van der Waals surface area (Å²) in [6.45, 7) is 3.57. The number of aliphatic carboxylic acids is 1. The molecule has 0 aromatic carbocycles. The number of carboxylic acid groups (broad SMARTS) is 1. The average molecular weight is 248 g/mol. The number of nitrogens with zero attached hydrogens (tertiary/aromatic N) is 1. The molecule has 1 aromatic heterocycles. The molecule has 1 atom stereocenters. The molecule has 0 aliphatic rings. The van der Waals surface area contributed by atoms with Gasteiger partial charge in [-0.3, -0.25) is 9.78 Å². The molecule has 0 unspecified atom stereocenters. The summed E-state index contributed by atoms with van der Waals surface area (Å²) in [5.74, 6) is -1.51. The van der Waals surface area contributed by atoms with E-state index in [1.807, 2.05) is 0 Å². The van der Waals surface area contributed by atoms with E-state index >= 15 is 0 Å². The third kappa shape index (κ3) is 4.37. The molecule has 0 spiro atoms. The molecule has 1 aromatic rings. The van der Waals surface area contributed by atoms with Crippen LogP contribution in [0.1, 0.15) is 29.8 Å². The summed E-state index contributed by atoms with van der Waals surface area (Å²) < 4.78 is 0. The van der Waals surface area contributed by atoms with E-state index in [4.69, 9.17) is 5.11 Å². The number of carbonyl (C=O) groups is 2. The van der Waals surface area contributed by atoms with Gasteiger partial charge < -0.3 is 10.4 Å². The van der Waals surface area contributed by atoms with Crippen molar-refractivity contribution in [3.63, 3.8) is 0 Å². The highest BCUT2D eigenvalue weighted by molar-refractivity contribution is 5.94. The molecule has 0 bridgehead atoms. The van der Waals surface area contributed by atoms with Gasteiger partial charge in [0, 0.05) is 6.20 Å². The van der Waals surface area contributed by atoms with Crippen LogP contribution in [0.4, 0.5) is 0 Å². The fraction of sp³-hybridized carbons (Fsp3) is 0.308. The maximum absolute atomic E-state index is 11.7. The van der Waals surface area contributed by atoms with E-state index < -0.39 is 17.9 Å². The second-order valence-electron chi connectivity index (χ2n) is 3.80. The van der Waals surface area contributed by atoms with Crippen molar-refractivity contribution in [2.75, 3.05) is 0 Å². The van der Waals surface area contributed by atoms with Crippen molar-refractivity contribution in [1.82, 2.24) is 10.3 Å². The molecule has 1 rings (SSSR count). The lowest BCUT2D eigenvalue weighted by Gasteiger charge is -2.13. The van der Waals surface area contributed by atoms with Crippen molar-refractivity contribution in [2.45, 2.75) is 25.3 Å². The largest absolute Gasteiger partial charge is 0.480 e. The first-order chi connectivity index (χ1) is 8.65. The van der Waals surface area contributed by atoms with Crippen LogP contribution in [-0.4, -0.2) is 28.0 Å². The summed E-state index contributed by atoms with van der Waals surface area (Å²) in [6.07, 6.45) is 4.98. The van der Waals surface area contributed by atoms with Crippen LogP contribution >= 0.6 is 0 Å². The van der Waals surface area contributed by atoms with Crippen molar-refractivity contribution in [1.29, 1.82) is 0 Å². The molecule has 18 heavy (non-hydrogen) atoms. The number of aromatic nitrogens is 1. The molecule has 2 N–H and O–H groups in total. The Balaban J connectivity index is 2.58. The molecule has 0 fully saturated rings. The minimum atomic E-state index is -1.04. The Morgan fingerprint density at radius 1 is 1.50 bits per heavy atom. The van der Waals surface area contributed by atoms with Crippen molar-refractivity contribution in [3.8, 4) is 0 Å². The van der Waals surface area contributed by atoms with Gasteiger partial charge >= 0.3 is 5.97 Å². The van der Waals surface area contributed by atoms with Crippen molar-refractivity contribution >= 4 is 11.9 Å². The van der Waals surface area contributed by atoms with Gasteiger partial charge in [0.1, 0.15) is 11.7 Å². The second-order valence-corrected chi connectivity index (χ2v) is 3.80. The van der Waals surface area contributed by atoms with Gasteiger partial charge in [0.2, 0.25) is 0 Å². The van der Waals surface area contributed by atoms with Gasteiger partial charge in [0.05, 0.1) is 0 Å². The van der Waals surface area contributed by atoms with Gasteiger partial charge in [-0.05, 0) is 31.4 Å². The molecule has 0 saturated carbocycles. The van der Waals surface area contributed by atoms with E-state index in [2.05, 4.69) is 16.9 Å². The lowest BCUT2D eigenvalue weighted by atomic mass is 10.1. The number of rotatable bonds is 7. The number of nitrogens with one attached hydrogen (secondary N) is 1. The van der Waals surface area contributed by atoms with Gasteiger partial charge in [-0.2, -0.15) is 0 Å². The summed E-state index contributed by atoms with van der Waals surface area (Å²) in [5.41, 5.74) is 0.215. The third-order valence-corrected chi connectivity index (χ3v) is 2.40. The smallest absolute Gasteiger partial charge is 0.326 e. The van der Waals surface area contributed by atoms with Crippen LogP contribution in [0.15, 0.2) is 37.1 Å². The van der Waals surface area contributed by atoms with E-state index in [1.54, 1.807) is 18.2 Å². The molecule has 5 heteroatoms. The maximum Gasteiger partial charge on any atom is 0.326 e. The van der Waals surface area contributed by atoms with Crippen molar-refractivity contribution in [3.05, 3.63) is 42.7 Å². The number of carbonyl (C=O) groups excluding carboxylic acids is 1. The Hall–Kier alpha value is -2.17. The summed E-state index contributed by atoms with van der Waals surface area (Å²) in [5, 5.41) is 11.5. The van der Waals surface area contributed by atoms with E-state index in [0.29, 0.717) is 12.8 Å². The molecule has 96 valence electrons. The molecule has 5 nitrogen and oxygen atoms in total. The lowest BCUT2D eigenvalue weighted by Crippen LogP contribution is -2.41. The average Bonchev–Trinajstić information content (AvgIpc) is 2.38. The number of unbranched alkanes of at least 4 members (excludes halogenated alkanes) is 1. The summed E-state index contributed by atoms with van der Waals surface area (Å²) in [7, 11) is 0. The van der Waals surface area contributed by atoms with E-state index in [0.717, 1.165) is 6.42 Å². The van der Waals surface area contributed by atoms with Gasteiger partial charge in [-0.15, -0.1) is 6.58 Å². The number of hydrogen-bond donors (Lipinski definition) is 2. The summed E-state index contributed by atoms with van der Waals surface area (Å²) in [6, 6.07) is 4.02. The first kappa shape index (κ1) is 13.9. The Kier molecular flexibility index (Phi) is 5.57. The predicted octanol–water partition coefficient (Wildman–Crippen LogP) is 1.62. The number of amides is 1. The van der Waals surface area contributed by atoms with Crippen LogP contribution in [-0.2, 0) is 4.79 Å². The molecule has 0 radical (unpaired) electrons. The van der Waals surface area contributed by atoms with E-state index in [9.17, 15) is 9.59 Å². The molecule has 1 heterocycles. The predicted molar refractivity (Wildman–Crippen MR) is 67.2 cm³/mol. The quantitative estimate of drug-likeness (QED) is 0.567. The van der Waals surface area contributed by atoms with Crippen molar-refractivity contribution in [2.24, 2.45) is 0 Å². The molecule has 0 saturated heterocycles. The van der Waals surface area contributed by atoms with E-state index in [1.165, 1.54) is 12.3 Å². The lowest BCUT2D eigenvalue weighted by molar-refractivity contribution is -0.139. The van der Waals surface area contributed by atoms with Gasteiger partial charge in [-0.25, -0.2) is 4.79 Å². The molecule has 1 amide bonds. The highest BCUT2D eigenvalue weighted by Gasteiger charge is 2.20. The van der Waals surface area contributed by atoms with E-state index in [-0.39, 0.29) is 5.69 Å². The van der Waals surface area contributed by atoms with Crippen LogP contribution in [0.3, 0.4) is 0 Å². The molecule has 0 aliphatic heterocycles. The Bertz CT molecular complexity index is 418. The minimum absolute atomic E-state index is 0.215. The number of carboxylic acids is 1. The summed E-state index contributed by atoms with van der Waals surface area (Å²) in [4.78, 5) is 26.6. The number of pyridine rings is 1. The molecular weight excluding hydrogens is 232 g/mol. The van der Waals surface area contributed by atoms with Gasteiger partial charge in [-0.1, -0.05) is 12.1 Å². The third-order valence-electron chi connectivity index (χ3n) is 2.40.